The molecule has 1 aromatic heterocycles. The molecule has 3 aromatic rings. The monoisotopic (exact) mass is 651 g/mol. The molecule has 1 N–H and O–H groups in total. The SMILES string of the molecule is CC(C)[Si](C#Cc1cc(N(C)C)cc(C#C[Si](C(C)C)(C(C)C)C(C)C)c1C(=O)Nc1cccc2cccnc12)(C(C)C)C(C)C. The molecule has 0 radical (unpaired) electrons. The van der Waals surface area contributed by atoms with Crippen LogP contribution >= 0.6 is 0 Å². The Morgan fingerprint density at radius 2 is 1.13 bits per heavy atom. The average molecular weight is 652 g/mol. The van der Waals surface area contributed by atoms with E-state index in [2.05, 4.69) is 133 Å². The van der Waals surface area contributed by atoms with E-state index in [0.29, 0.717) is 44.5 Å². The van der Waals surface area contributed by atoms with Crippen LogP contribution in [0.5, 0.6) is 0 Å². The largest absolute Gasteiger partial charge is 0.378 e. The number of anilines is 2. The van der Waals surface area contributed by atoms with E-state index in [4.69, 9.17) is 0 Å². The summed E-state index contributed by atoms with van der Waals surface area (Å²) in [5.74, 6) is 7.11. The van der Waals surface area contributed by atoms with Crippen LogP contribution in [0, 0.1) is 22.9 Å². The summed E-state index contributed by atoms with van der Waals surface area (Å²) in [5.41, 5.74) is 15.1. The fourth-order valence-electron chi connectivity index (χ4n) is 7.93. The van der Waals surface area contributed by atoms with Crippen molar-refractivity contribution >= 4 is 44.3 Å². The number of fused-ring (bicyclic) bond motifs is 1. The Bertz CT molecular complexity index is 1540. The van der Waals surface area contributed by atoms with Gasteiger partial charge in [0, 0.05) is 42.5 Å². The fourth-order valence-corrected chi connectivity index (χ4v) is 18.4. The smallest absolute Gasteiger partial charge is 0.258 e. The highest BCUT2D eigenvalue weighted by atomic mass is 28.3. The number of aromatic nitrogens is 1. The summed E-state index contributed by atoms with van der Waals surface area (Å²) in [6.07, 6.45) is 1.76. The second-order valence-electron chi connectivity index (χ2n) is 14.9. The molecule has 0 saturated carbocycles. The van der Waals surface area contributed by atoms with Crippen LogP contribution in [0.25, 0.3) is 10.9 Å². The molecule has 6 heteroatoms. The first-order chi connectivity index (χ1) is 21.5. The zero-order valence-electron chi connectivity index (χ0n) is 30.9. The molecular formula is C40H57N3OSi2. The average Bonchev–Trinajstić information content (AvgIpc) is 2.96. The molecule has 4 nitrogen and oxygen atoms in total. The van der Waals surface area contributed by atoms with Gasteiger partial charge in [0.15, 0.2) is 0 Å². The molecule has 0 aliphatic heterocycles. The van der Waals surface area contributed by atoms with Gasteiger partial charge in [-0.3, -0.25) is 9.78 Å². The number of para-hydroxylation sites is 1. The molecule has 0 fully saturated rings. The highest BCUT2D eigenvalue weighted by Gasteiger charge is 2.43. The minimum atomic E-state index is -2.08. The Balaban J connectivity index is 2.43. The lowest BCUT2D eigenvalue weighted by molar-refractivity contribution is 0.102. The molecule has 246 valence electrons. The van der Waals surface area contributed by atoms with Crippen LogP contribution in [0.4, 0.5) is 11.4 Å². The molecule has 3 rings (SSSR count). The van der Waals surface area contributed by atoms with Crippen LogP contribution in [-0.4, -0.2) is 41.1 Å². The van der Waals surface area contributed by atoms with Crippen molar-refractivity contribution in [3.05, 3.63) is 65.4 Å². The molecule has 0 unspecified atom stereocenters. The second-order valence-corrected chi connectivity index (χ2v) is 26.1. The van der Waals surface area contributed by atoms with Gasteiger partial charge in [-0.05, 0) is 57.5 Å². The van der Waals surface area contributed by atoms with Gasteiger partial charge in [0.1, 0.15) is 16.1 Å². The molecule has 0 aliphatic carbocycles. The summed E-state index contributed by atoms with van der Waals surface area (Å²) in [6.45, 7) is 27.9. The third kappa shape index (κ3) is 7.30. The fraction of sp³-hybridized carbons (Fsp3) is 0.500. The van der Waals surface area contributed by atoms with E-state index in [1.807, 2.05) is 44.4 Å². The first-order valence-electron chi connectivity index (χ1n) is 17.1. The first-order valence-corrected chi connectivity index (χ1v) is 21.5. The zero-order chi connectivity index (χ0) is 34.6. The highest BCUT2D eigenvalue weighted by Crippen LogP contribution is 2.42. The van der Waals surface area contributed by atoms with Crippen LogP contribution in [0.1, 0.15) is 105 Å². The normalized spacial score (nSPS) is 12.2. The lowest BCUT2D eigenvalue weighted by Crippen LogP contribution is -2.43. The number of carbonyl (C=O) groups is 1. The summed E-state index contributed by atoms with van der Waals surface area (Å²) in [5, 5.41) is 4.21. The molecule has 0 atom stereocenters. The Morgan fingerprint density at radius 3 is 1.54 bits per heavy atom. The maximum atomic E-state index is 14.6. The van der Waals surface area contributed by atoms with Gasteiger partial charge in [-0.15, -0.1) is 11.1 Å². The molecule has 0 bridgehead atoms. The third-order valence-corrected chi connectivity index (χ3v) is 22.9. The number of amides is 1. The lowest BCUT2D eigenvalue weighted by Gasteiger charge is -2.38. The minimum absolute atomic E-state index is 0.200. The summed E-state index contributed by atoms with van der Waals surface area (Å²) in [7, 11) is -0.0828. The summed E-state index contributed by atoms with van der Waals surface area (Å²) < 4.78 is 0. The number of hydrogen-bond acceptors (Lipinski definition) is 3. The number of hydrogen-bond donors (Lipinski definition) is 1. The first kappa shape index (κ1) is 37.1. The van der Waals surface area contributed by atoms with Gasteiger partial charge in [0.05, 0.1) is 16.8 Å². The number of rotatable bonds is 9. The van der Waals surface area contributed by atoms with Crippen LogP contribution in [0.2, 0.25) is 33.2 Å². The molecule has 0 spiro atoms. The van der Waals surface area contributed by atoms with E-state index >= 15 is 0 Å². The number of pyridine rings is 1. The van der Waals surface area contributed by atoms with Crippen LogP contribution in [0.15, 0.2) is 48.7 Å². The molecule has 0 saturated heterocycles. The predicted octanol–water partition coefficient (Wildman–Crippen LogP) is 10.7. The van der Waals surface area contributed by atoms with E-state index in [1.54, 1.807) is 6.20 Å². The number of nitrogens with one attached hydrogen (secondary N) is 1. The highest BCUT2D eigenvalue weighted by molar-refractivity contribution is 6.91. The number of benzene rings is 2. The lowest BCUT2D eigenvalue weighted by atomic mass is 9.99. The summed E-state index contributed by atoms with van der Waals surface area (Å²) in [4.78, 5) is 21.3. The van der Waals surface area contributed by atoms with Crippen molar-refractivity contribution in [1.29, 1.82) is 0 Å². The Morgan fingerprint density at radius 1 is 0.696 bits per heavy atom. The zero-order valence-corrected chi connectivity index (χ0v) is 32.9. The predicted molar refractivity (Wildman–Crippen MR) is 206 cm³/mol. The van der Waals surface area contributed by atoms with Crippen LogP contribution < -0.4 is 10.2 Å². The van der Waals surface area contributed by atoms with E-state index in [9.17, 15) is 4.79 Å². The number of nitrogens with zero attached hydrogens (tertiary/aromatic N) is 2. The Kier molecular flexibility index (Phi) is 12.2. The topological polar surface area (TPSA) is 45.2 Å². The Labute approximate surface area is 282 Å². The van der Waals surface area contributed by atoms with E-state index in [0.717, 1.165) is 27.7 Å². The second kappa shape index (κ2) is 15.1. The summed E-state index contributed by atoms with van der Waals surface area (Å²) >= 11 is 0. The Hall–Kier alpha value is -3.33. The standard InChI is InChI=1S/C40H57N3OSi2/c1-27(2)45(28(3)4,29(5)6)23-20-34-25-36(43(13)14)26-35(21-24-46(30(7)8,31(9)10)32(11)12)38(34)40(44)42-37-19-15-17-33-18-16-22-41-39(33)37/h15-19,22,25-32H,1-14H3,(H,42,44). The quantitative estimate of drug-likeness (QED) is 0.185. The van der Waals surface area contributed by atoms with Gasteiger partial charge in [0.2, 0.25) is 0 Å². The maximum Gasteiger partial charge on any atom is 0.258 e. The van der Waals surface area contributed by atoms with Crippen molar-refractivity contribution in [2.75, 3.05) is 24.3 Å². The van der Waals surface area contributed by atoms with E-state index in [-0.39, 0.29) is 5.91 Å². The third-order valence-electron chi connectivity index (χ3n) is 10.3. The number of carbonyl (C=O) groups excluding carboxylic acids is 1. The van der Waals surface area contributed by atoms with Crippen molar-refractivity contribution in [3.8, 4) is 22.9 Å². The van der Waals surface area contributed by atoms with Crippen molar-refractivity contribution in [2.45, 2.75) is 116 Å². The molecule has 0 aliphatic rings. The van der Waals surface area contributed by atoms with Gasteiger partial charge in [0.25, 0.3) is 5.91 Å². The van der Waals surface area contributed by atoms with Crippen molar-refractivity contribution in [1.82, 2.24) is 4.98 Å². The van der Waals surface area contributed by atoms with Gasteiger partial charge in [-0.25, -0.2) is 0 Å². The molecule has 1 heterocycles. The van der Waals surface area contributed by atoms with Gasteiger partial charge in [-0.1, -0.05) is 113 Å². The van der Waals surface area contributed by atoms with Crippen molar-refractivity contribution in [2.24, 2.45) is 0 Å². The summed E-state index contributed by atoms with van der Waals surface area (Å²) in [6, 6.07) is 14.0. The maximum absolute atomic E-state index is 14.6. The van der Waals surface area contributed by atoms with Crippen molar-refractivity contribution < 1.29 is 4.79 Å². The van der Waals surface area contributed by atoms with E-state index in [1.165, 1.54) is 0 Å². The van der Waals surface area contributed by atoms with Crippen LogP contribution in [-0.2, 0) is 0 Å². The van der Waals surface area contributed by atoms with Gasteiger partial charge < -0.3 is 10.2 Å². The van der Waals surface area contributed by atoms with Crippen molar-refractivity contribution in [3.63, 3.8) is 0 Å². The van der Waals surface area contributed by atoms with Gasteiger partial charge >= 0.3 is 0 Å². The van der Waals surface area contributed by atoms with Gasteiger partial charge in [-0.2, -0.15) is 0 Å². The minimum Gasteiger partial charge on any atom is -0.378 e. The van der Waals surface area contributed by atoms with Crippen LogP contribution in [0.3, 0.4) is 0 Å². The van der Waals surface area contributed by atoms with E-state index < -0.39 is 16.1 Å². The molecule has 1 amide bonds. The molecular weight excluding hydrogens is 595 g/mol. The molecule has 46 heavy (non-hydrogen) atoms. The molecule has 2 aromatic carbocycles.